The Hall–Kier alpha value is -0.320. The lowest BCUT2D eigenvalue weighted by molar-refractivity contribution is -0.149. The van der Waals surface area contributed by atoms with Gasteiger partial charge in [0.25, 0.3) is 0 Å². The summed E-state index contributed by atoms with van der Waals surface area (Å²) in [5.41, 5.74) is 16.3. The van der Waals surface area contributed by atoms with Gasteiger partial charge < -0.3 is 40.9 Å². The molecule has 0 saturated heterocycles. The SMILES string of the molecule is CCC(CC(C)(C)OCC(C)C(C)(C)CCC(C)N)(CC(C)(C)OCC(C)C(C)(C)OCC(C)N)CC(C)(C)OCC(C)C(C)(C)OCC(C)N. The molecule has 0 amide bonds. The maximum atomic E-state index is 6.88. The van der Waals surface area contributed by atoms with E-state index in [1.807, 2.05) is 13.8 Å². The fourth-order valence-electron chi connectivity index (χ4n) is 6.93. The highest BCUT2D eigenvalue weighted by atomic mass is 16.5. The van der Waals surface area contributed by atoms with Crippen molar-refractivity contribution in [2.24, 2.45) is 45.8 Å². The second-order valence-electron chi connectivity index (χ2n) is 20.6. The van der Waals surface area contributed by atoms with Crippen molar-refractivity contribution >= 4 is 0 Å². The van der Waals surface area contributed by atoms with Crippen LogP contribution in [-0.4, -0.2) is 79.2 Å². The lowest BCUT2D eigenvalue weighted by Crippen LogP contribution is -2.47. The highest BCUT2D eigenvalue weighted by Crippen LogP contribution is 2.48. The third kappa shape index (κ3) is 20.3. The minimum absolute atomic E-state index is 0.00456. The quantitative estimate of drug-likeness (QED) is 0.0728. The van der Waals surface area contributed by atoms with Gasteiger partial charge in [-0.25, -0.2) is 0 Å². The Balaban J connectivity index is 6.24. The van der Waals surface area contributed by atoms with Crippen molar-refractivity contribution < 1.29 is 23.7 Å². The zero-order chi connectivity index (χ0) is 40.3. The molecule has 8 heteroatoms. The molecule has 0 aliphatic rings. The Labute approximate surface area is 318 Å². The number of nitrogens with two attached hydrogens (primary N) is 3. The summed E-state index contributed by atoms with van der Waals surface area (Å²) in [7, 11) is 0. The van der Waals surface area contributed by atoms with E-state index in [2.05, 4.69) is 118 Å². The van der Waals surface area contributed by atoms with Crippen LogP contribution >= 0.6 is 0 Å². The Kier molecular flexibility index (Phi) is 20.4. The molecule has 0 aromatic rings. The van der Waals surface area contributed by atoms with Crippen LogP contribution in [0, 0.1) is 28.6 Å². The van der Waals surface area contributed by atoms with Crippen LogP contribution in [0.15, 0.2) is 0 Å². The first-order valence-electron chi connectivity index (χ1n) is 20.3. The van der Waals surface area contributed by atoms with Crippen molar-refractivity contribution in [2.45, 2.75) is 216 Å². The van der Waals surface area contributed by atoms with Gasteiger partial charge in [0.2, 0.25) is 0 Å². The molecule has 8 nitrogen and oxygen atoms in total. The third-order valence-corrected chi connectivity index (χ3v) is 11.7. The first-order chi connectivity index (χ1) is 22.8. The van der Waals surface area contributed by atoms with Gasteiger partial charge in [0.05, 0.1) is 61.0 Å². The molecule has 0 fully saturated rings. The number of hydrogen-bond acceptors (Lipinski definition) is 8. The second kappa shape index (κ2) is 20.6. The fourth-order valence-corrected chi connectivity index (χ4v) is 6.93. The van der Waals surface area contributed by atoms with Gasteiger partial charge >= 0.3 is 0 Å². The maximum absolute atomic E-state index is 6.88. The largest absolute Gasteiger partial charge is 0.375 e. The van der Waals surface area contributed by atoms with Crippen molar-refractivity contribution in [1.29, 1.82) is 0 Å². The van der Waals surface area contributed by atoms with Gasteiger partial charge in [-0.2, -0.15) is 0 Å². The summed E-state index contributed by atoms with van der Waals surface area (Å²) in [6, 6.07) is 0.202. The van der Waals surface area contributed by atoms with Gasteiger partial charge in [-0.3, -0.25) is 0 Å². The summed E-state index contributed by atoms with van der Waals surface area (Å²) in [4.78, 5) is 0. The molecule has 6 N–H and O–H groups in total. The number of rotatable bonds is 28. The van der Waals surface area contributed by atoms with E-state index in [1.54, 1.807) is 0 Å². The Morgan fingerprint density at radius 2 is 0.745 bits per heavy atom. The molecule has 0 saturated carbocycles. The molecule has 0 aliphatic heterocycles. The lowest BCUT2D eigenvalue weighted by atomic mass is 9.65. The normalized spacial score (nSPS) is 18.9. The molecule has 0 spiro atoms. The van der Waals surface area contributed by atoms with Crippen LogP contribution in [0.2, 0.25) is 0 Å². The van der Waals surface area contributed by atoms with Gasteiger partial charge in [0.1, 0.15) is 0 Å². The first-order valence-corrected chi connectivity index (χ1v) is 20.3. The average Bonchev–Trinajstić information content (AvgIpc) is 2.97. The smallest absolute Gasteiger partial charge is 0.0674 e. The summed E-state index contributed by atoms with van der Waals surface area (Å²) in [6.07, 6.45) is 5.72. The summed E-state index contributed by atoms with van der Waals surface area (Å²) in [5.74, 6) is 0.773. The molecule has 0 aromatic carbocycles. The minimum Gasteiger partial charge on any atom is -0.375 e. The highest BCUT2D eigenvalue weighted by molar-refractivity contribution is 4.96. The molecule has 308 valence electrons. The first kappa shape index (κ1) is 50.7. The van der Waals surface area contributed by atoms with E-state index >= 15 is 0 Å². The standard InChI is InChI=1S/C43H91N3O5/c1-20-43(28-38(10,11)47-23-31(2)37(8,9)22-21-34(5)44,29-39(12,13)48-24-32(3)41(16,17)50-26-35(6)45)30-40(14,15)49-25-33(4)42(18,19)51-27-36(7)46/h31-36H,20-30,44-46H2,1-19H3. The molecule has 6 unspecified atom stereocenters. The highest BCUT2D eigenvalue weighted by Gasteiger charge is 2.45. The van der Waals surface area contributed by atoms with Crippen molar-refractivity contribution in [3.63, 3.8) is 0 Å². The van der Waals surface area contributed by atoms with Crippen molar-refractivity contribution in [1.82, 2.24) is 0 Å². The fraction of sp³-hybridized carbons (Fsp3) is 1.00. The van der Waals surface area contributed by atoms with E-state index in [-0.39, 0.29) is 68.8 Å². The molecule has 0 heterocycles. The van der Waals surface area contributed by atoms with Crippen LogP contribution in [0.4, 0.5) is 0 Å². The number of ether oxygens (including phenoxy) is 5. The zero-order valence-corrected chi connectivity index (χ0v) is 37.5. The summed E-state index contributed by atoms with van der Waals surface area (Å²) >= 11 is 0. The van der Waals surface area contributed by atoms with Crippen LogP contribution in [0.3, 0.4) is 0 Å². The predicted molar refractivity (Wildman–Crippen MR) is 218 cm³/mol. The maximum Gasteiger partial charge on any atom is 0.0674 e. The molecular weight excluding hydrogens is 638 g/mol. The Bertz CT molecular complexity index is 840. The van der Waals surface area contributed by atoms with Gasteiger partial charge in [-0.05, 0) is 139 Å². The molecule has 6 atom stereocenters. The zero-order valence-electron chi connectivity index (χ0n) is 37.5. The van der Waals surface area contributed by atoms with E-state index in [9.17, 15) is 0 Å². The molecule has 0 aromatic heterocycles. The molecule has 0 radical (unpaired) electrons. The van der Waals surface area contributed by atoms with Gasteiger partial charge in [-0.15, -0.1) is 0 Å². The Morgan fingerprint density at radius 3 is 1.02 bits per heavy atom. The third-order valence-electron chi connectivity index (χ3n) is 11.7. The molecule has 0 rings (SSSR count). The van der Waals surface area contributed by atoms with Crippen LogP contribution in [0.1, 0.15) is 170 Å². The molecule has 0 aliphatic carbocycles. The van der Waals surface area contributed by atoms with Gasteiger partial charge in [-0.1, -0.05) is 48.0 Å². The number of hydrogen-bond donors (Lipinski definition) is 3. The molecule has 51 heavy (non-hydrogen) atoms. The summed E-state index contributed by atoms with van der Waals surface area (Å²) in [6.45, 7) is 44.8. The van der Waals surface area contributed by atoms with E-state index < -0.39 is 0 Å². The van der Waals surface area contributed by atoms with Crippen LogP contribution < -0.4 is 17.2 Å². The molecule has 0 bridgehead atoms. The van der Waals surface area contributed by atoms with Gasteiger partial charge in [0, 0.05) is 30.0 Å². The van der Waals surface area contributed by atoms with E-state index in [0.717, 1.165) is 38.5 Å². The molecular formula is C43H91N3O5. The van der Waals surface area contributed by atoms with Crippen molar-refractivity contribution in [3.8, 4) is 0 Å². The average molecular weight is 730 g/mol. The summed E-state index contributed by atoms with van der Waals surface area (Å²) in [5, 5.41) is 0. The Morgan fingerprint density at radius 1 is 0.431 bits per heavy atom. The monoisotopic (exact) mass is 730 g/mol. The predicted octanol–water partition coefficient (Wildman–Crippen LogP) is 9.29. The topological polar surface area (TPSA) is 124 Å². The van der Waals surface area contributed by atoms with E-state index in [4.69, 9.17) is 40.9 Å². The second-order valence-corrected chi connectivity index (χ2v) is 20.6. The summed E-state index contributed by atoms with van der Waals surface area (Å²) < 4.78 is 32.9. The van der Waals surface area contributed by atoms with Crippen LogP contribution in [0.25, 0.3) is 0 Å². The van der Waals surface area contributed by atoms with E-state index in [0.29, 0.717) is 39.0 Å². The van der Waals surface area contributed by atoms with E-state index in [1.165, 1.54) is 0 Å². The van der Waals surface area contributed by atoms with Gasteiger partial charge in [0.15, 0.2) is 0 Å². The lowest BCUT2D eigenvalue weighted by Gasteiger charge is -2.48. The van der Waals surface area contributed by atoms with Crippen molar-refractivity contribution in [2.75, 3.05) is 33.0 Å². The minimum atomic E-state index is -0.385. The van der Waals surface area contributed by atoms with Crippen LogP contribution in [-0.2, 0) is 23.7 Å². The van der Waals surface area contributed by atoms with Crippen molar-refractivity contribution in [3.05, 3.63) is 0 Å². The van der Waals surface area contributed by atoms with Crippen LogP contribution in [0.5, 0.6) is 0 Å².